The number of esters is 1. The van der Waals surface area contributed by atoms with E-state index < -0.39 is 5.97 Å². The number of furan rings is 1. The molecule has 0 unspecified atom stereocenters. The van der Waals surface area contributed by atoms with Gasteiger partial charge in [0.2, 0.25) is 5.82 Å². The van der Waals surface area contributed by atoms with Gasteiger partial charge in [0.15, 0.2) is 23.9 Å². The van der Waals surface area contributed by atoms with Gasteiger partial charge in [0.05, 0.1) is 30.8 Å². The Balaban J connectivity index is 1.61. The molecule has 0 atom stereocenters. The predicted octanol–water partition coefficient (Wildman–Crippen LogP) is 6.17. The first-order valence-corrected chi connectivity index (χ1v) is 13.4. The largest absolute Gasteiger partial charge is 0.490 e. The molecule has 0 fully saturated rings. The number of hydrogen-bond donors (Lipinski definition) is 0. The number of hydrogen-bond acceptors (Lipinski definition) is 8. The lowest BCUT2D eigenvalue weighted by atomic mass is 10.2. The van der Waals surface area contributed by atoms with E-state index >= 15 is 0 Å². The molecule has 0 saturated heterocycles. The third kappa shape index (κ3) is 5.59. The number of aromatic nitrogens is 2. The second kappa shape index (κ2) is 11.4. The molecule has 198 valence electrons. The monoisotopic (exact) mass is 653 g/mol. The average Bonchev–Trinajstić information content (AvgIpc) is 3.36. The SMILES string of the molecule is CCOc1cc(C=Nn2c(-c3cc4cc(Br)ccc4o3)nc3ccccc3c2=O)c(Br)cc1OCC(=O)OC. The molecule has 39 heavy (non-hydrogen) atoms. The second-order valence-corrected chi connectivity index (χ2v) is 10.00. The van der Waals surface area contributed by atoms with Crippen LogP contribution in [0.5, 0.6) is 11.5 Å². The maximum Gasteiger partial charge on any atom is 0.343 e. The molecule has 0 amide bonds. The molecule has 5 aromatic rings. The third-order valence-electron chi connectivity index (χ3n) is 5.70. The number of carbonyl (C=O) groups excluding carboxylic acids is 1. The Kier molecular flexibility index (Phi) is 7.80. The number of nitrogens with zero attached hydrogens (tertiary/aromatic N) is 3. The average molecular weight is 655 g/mol. The third-order valence-corrected chi connectivity index (χ3v) is 6.88. The van der Waals surface area contributed by atoms with Crippen molar-refractivity contribution in [2.24, 2.45) is 5.10 Å². The summed E-state index contributed by atoms with van der Waals surface area (Å²) in [4.78, 5) is 29.8. The van der Waals surface area contributed by atoms with E-state index in [0.29, 0.717) is 50.4 Å². The van der Waals surface area contributed by atoms with Crippen molar-refractivity contribution in [3.63, 3.8) is 0 Å². The van der Waals surface area contributed by atoms with Crippen molar-refractivity contribution < 1.29 is 23.4 Å². The smallest absolute Gasteiger partial charge is 0.343 e. The van der Waals surface area contributed by atoms with Gasteiger partial charge in [-0.05, 0) is 71.4 Å². The minimum atomic E-state index is -0.520. The number of methoxy groups -OCH3 is 1. The molecule has 0 radical (unpaired) electrons. The minimum absolute atomic E-state index is 0.251. The second-order valence-electron chi connectivity index (χ2n) is 8.23. The Morgan fingerprint density at radius 1 is 1.08 bits per heavy atom. The Bertz CT molecular complexity index is 1790. The summed E-state index contributed by atoms with van der Waals surface area (Å²) >= 11 is 6.99. The van der Waals surface area contributed by atoms with Crippen molar-refractivity contribution in [2.45, 2.75) is 6.92 Å². The lowest BCUT2D eigenvalue weighted by Crippen LogP contribution is -2.20. The number of halogens is 2. The molecule has 0 aliphatic heterocycles. The molecule has 0 aliphatic carbocycles. The Morgan fingerprint density at radius 3 is 2.67 bits per heavy atom. The predicted molar refractivity (Wildman–Crippen MR) is 155 cm³/mol. The molecule has 2 aromatic heterocycles. The summed E-state index contributed by atoms with van der Waals surface area (Å²) in [5.41, 5.74) is 1.42. The molecule has 0 spiro atoms. The molecule has 0 saturated carbocycles. The zero-order chi connectivity index (χ0) is 27.5. The van der Waals surface area contributed by atoms with Crippen LogP contribution < -0.4 is 15.0 Å². The van der Waals surface area contributed by atoms with Gasteiger partial charge in [0, 0.05) is 19.9 Å². The highest BCUT2D eigenvalue weighted by atomic mass is 79.9. The van der Waals surface area contributed by atoms with Crippen molar-refractivity contribution in [3.8, 4) is 23.1 Å². The van der Waals surface area contributed by atoms with Gasteiger partial charge in [-0.3, -0.25) is 4.79 Å². The van der Waals surface area contributed by atoms with E-state index in [1.54, 1.807) is 30.3 Å². The van der Waals surface area contributed by atoms with Crippen LogP contribution in [0, 0.1) is 0 Å². The van der Waals surface area contributed by atoms with Crippen LogP contribution >= 0.6 is 31.9 Å². The highest BCUT2D eigenvalue weighted by Crippen LogP contribution is 2.34. The lowest BCUT2D eigenvalue weighted by molar-refractivity contribution is -0.142. The van der Waals surface area contributed by atoms with Crippen LogP contribution in [-0.4, -0.2) is 42.2 Å². The standard InChI is InChI=1S/C28H21Br2N3O6/c1-3-37-23-12-17(20(30)13-24(23)38-15-26(34)36-2)14-31-33-27(32-21-7-5-4-6-19(21)28(33)35)25-11-16-10-18(29)8-9-22(16)39-25/h4-14H,3,15H2,1-2H3. The number of fused-ring (bicyclic) bond motifs is 2. The van der Waals surface area contributed by atoms with Gasteiger partial charge in [-0.15, -0.1) is 0 Å². The van der Waals surface area contributed by atoms with E-state index in [-0.39, 0.29) is 18.0 Å². The fourth-order valence-electron chi connectivity index (χ4n) is 3.86. The van der Waals surface area contributed by atoms with Crippen molar-refractivity contribution in [3.05, 3.63) is 85.5 Å². The number of carbonyl (C=O) groups is 1. The van der Waals surface area contributed by atoms with Gasteiger partial charge >= 0.3 is 5.97 Å². The molecule has 9 nitrogen and oxygen atoms in total. The first kappa shape index (κ1) is 26.6. The van der Waals surface area contributed by atoms with Crippen molar-refractivity contribution in [1.82, 2.24) is 9.66 Å². The van der Waals surface area contributed by atoms with E-state index in [9.17, 15) is 9.59 Å². The van der Waals surface area contributed by atoms with Gasteiger partial charge in [0.1, 0.15) is 5.58 Å². The van der Waals surface area contributed by atoms with E-state index in [1.165, 1.54) is 18.0 Å². The summed E-state index contributed by atoms with van der Waals surface area (Å²) in [5, 5.41) is 5.78. The maximum atomic E-state index is 13.6. The number of ether oxygens (including phenoxy) is 3. The number of rotatable bonds is 8. The molecule has 0 bridgehead atoms. The number of para-hydroxylation sites is 1. The van der Waals surface area contributed by atoms with Crippen LogP contribution in [0.3, 0.4) is 0 Å². The van der Waals surface area contributed by atoms with Crippen LogP contribution in [0.15, 0.2) is 83.9 Å². The zero-order valence-corrected chi connectivity index (χ0v) is 24.0. The van der Waals surface area contributed by atoms with E-state index in [4.69, 9.17) is 18.9 Å². The van der Waals surface area contributed by atoms with E-state index in [1.807, 2.05) is 37.3 Å². The van der Waals surface area contributed by atoms with Crippen molar-refractivity contribution >= 4 is 65.9 Å². The fourth-order valence-corrected chi connectivity index (χ4v) is 4.66. The van der Waals surface area contributed by atoms with Gasteiger partial charge in [0.25, 0.3) is 5.56 Å². The highest BCUT2D eigenvalue weighted by Gasteiger charge is 2.17. The van der Waals surface area contributed by atoms with Gasteiger partial charge < -0.3 is 18.6 Å². The first-order valence-electron chi connectivity index (χ1n) is 11.8. The van der Waals surface area contributed by atoms with Gasteiger partial charge in [-0.2, -0.15) is 9.78 Å². The first-order chi connectivity index (χ1) is 18.9. The van der Waals surface area contributed by atoms with Crippen LogP contribution in [0.4, 0.5) is 0 Å². The summed E-state index contributed by atoms with van der Waals surface area (Å²) in [6.45, 7) is 1.93. The molecule has 11 heteroatoms. The molecule has 0 N–H and O–H groups in total. The Hall–Kier alpha value is -3.96. The zero-order valence-electron chi connectivity index (χ0n) is 20.8. The van der Waals surface area contributed by atoms with Crippen LogP contribution in [-0.2, 0) is 9.53 Å². The van der Waals surface area contributed by atoms with Crippen LogP contribution in [0.1, 0.15) is 12.5 Å². The molecule has 3 aromatic carbocycles. The van der Waals surface area contributed by atoms with Crippen LogP contribution in [0.2, 0.25) is 0 Å². The summed E-state index contributed by atoms with van der Waals surface area (Å²) < 4.78 is 24.7. The summed E-state index contributed by atoms with van der Waals surface area (Å²) in [6, 6.07) is 17.9. The van der Waals surface area contributed by atoms with Gasteiger partial charge in [-0.1, -0.05) is 28.1 Å². The maximum absolute atomic E-state index is 13.6. The fraction of sp³-hybridized carbons (Fsp3) is 0.143. The summed E-state index contributed by atoms with van der Waals surface area (Å²) in [7, 11) is 1.28. The topological polar surface area (TPSA) is 105 Å². The Morgan fingerprint density at radius 2 is 1.87 bits per heavy atom. The molecule has 5 rings (SSSR count). The summed E-state index contributed by atoms with van der Waals surface area (Å²) in [6.07, 6.45) is 1.51. The van der Waals surface area contributed by atoms with E-state index in [0.717, 1.165) is 9.86 Å². The van der Waals surface area contributed by atoms with Crippen molar-refractivity contribution in [2.75, 3.05) is 20.3 Å². The van der Waals surface area contributed by atoms with Crippen molar-refractivity contribution in [1.29, 1.82) is 0 Å². The Labute approximate surface area is 239 Å². The molecule has 0 aliphatic rings. The molecular formula is C28H21Br2N3O6. The normalized spacial score (nSPS) is 11.4. The minimum Gasteiger partial charge on any atom is -0.490 e. The van der Waals surface area contributed by atoms with Gasteiger partial charge in [-0.25, -0.2) is 9.78 Å². The van der Waals surface area contributed by atoms with Crippen LogP contribution in [0.25, 0.3) is 33.5 Å². The molecular weight excluding hydrogens is 634 g/mol. The summed E-state index contributed by atoms with van der Waals surface area (Å²) in [5.74, 6) is 0.876. The highest BCUT2D eigenvalue weighted by molar-refractivity contribution is 9.10. The van der Waals surface area contributed by atoms with E-state index in [2.05, 4.69) is 41.7 Å². The molecule has 2 heterocycles. The number of benzene rings is 3. The quantitative estimate of drug-likeness (QED) is 0.146. The lowest BCUT2D eigenvalue weighted by Gasteiger charge is -2.13.